The van der Waals surface area contributed by atoms with Crippen LogP contribution in [0.4, 0.5) is 0 Å². The Labute approximate surface area is 139 Å². The number of aliphatic hydroxyl groups is 1. The monoisotopic (exact) mass is 350 g/mol. The van der Waals surface area contributed by atoms with E-state index in [1.807, 2.05) is 0 Å². The highest BCUT2D eigenvalue weighted by molar-refractivity contribution is 6.36. The largest absolute Gasteiger partial charge is 0.507 e. The normalized spacial score (nSPS) is 11.1. The van der Waals surface area contributed by atoms with Gasteiger partial charge in [0.25, 0.3) is 0 Å². The SMILES string of the molecule is COC(=O)c1ccc2c(=O)c3c(O)cc(CO)c(Cl)c3oc2c1O. The van der Waals surface area contributed by atoms with E-state index in [0.29, 0.717) is 0 Å². The fourth-order valence-corrected chi connectivity index (χ4v) is 2.71. The maximum absolute atomic E-state index is 12.6. The molecule has 0 unspecified atom stereocenters. The van der Waals surface area contributed by atoms with Gasteiger partial charge in [0.05, 0.1) is 24.1 Å². The topological polar surface area (TPSA) is 117 Å². The first-order chi connectivity index (χ1) is 11.4. The molecule has 0 radical (unpaired) electrons. The van der Waals surface area contributed by atoms with Gasteiger partial charge < -0.3 is 24.5 Å². The molecule has 24 heavy (non-hydrogen) atoms. The molecule has 3 N–H and O–H groups in total. The Kier molecular flexibility index (Phi) is 3.82. The average molecular weight is 351 g/mol. The van der Waals surface area contributed by atoms with Gasteiger partial charge in [0.1, 0.15) is 16.7 Å². The predicted octanol–water partition coefficient (Wildman–Crippen LogP) is 2.29. The summed E-state index contributed by atoms with van der Waals surface area (Å²) in [6, 6.07) is 3.66. The summed E-state index contributed by atoms with van der Waals surface area (Å²) in [6.45, 7) is -0.488. The number of fused-ring (bicyclic) bond motifs is 2. The van der Waals surface area contributed by atoms with E-state index in [9.17, 15) is 24.9 Å². The number of carbonyl (C=O) groups excluding carboxylic acids is 1. The predicted molar refractivity (Wildman–Crippen MR) is 85.6 cm³/mol. The number of benzene rings is 2. The van der Waals surface area contributed by atoms with E-state index >= 15 is 0 Å². The summed E-state index contributed by atoms with van der Waals surface area (Å²) in [5.41, 5.74) is -1.15. The number of ether oxygens (including phenoxy) is 1. The highest BCUT2D eigenvalue weighted by atomic mass is 35.5. The van der Waals surface area contributed by atoms with Crippen molar-refractivity contribution < 1.29 is 29.3 Å². The van der Waals surface area contributed by atoms with Gasteiger partial charge in [0.2, 0.25) is 5.43 Å². The maximum Gasteiger partial charge on any atom is 0.341 e. The first kappa shape index (κ1) is 16.1. The number of aliphatic hydroxyl groups excluding tert-OH is 1. The molecule has 3 aromatic rings. The van der Waals surface area contributed by atoms with Crippen LogP contribution in [0.2, 0.25) is 5.02 Å². The van der Waals surface area contributed by atoms with Crippen LogP contribution < -0.4 is 5.43 Å². The van der Waals surface area contributed by atoms with Crippen LogP contribution in [-0.2, 0) is 11.3 Å². The second kappa shape index (κ2) is 5.70. The van der Waals surface area contributed by atoms with Crippen molar-refractivity contribution in [3.05, 3.63) is 44.6 Å². The van der Waals surface area contributed by atoms with E-state index in [1.165, 1.54) is 12.1 Å². The summed E-state index contributed by atoms with van der Waals surface area (Å²) in [4.78, 5) is 24.2. The number of esters is 1. The van der Waals surface area contributed by atoms with E-state index in [2.05, 4.69) is 4.74 Å². The van der Waals surface area contributed by atoms with E-state index in [1.54, 1.807) is 0 Å². The number of methoxy groups -OCH3 is 1. The van der Waals surface area contributed by atoms with Crippen molar-refractivity contribution in [3.63, 3.8) is 0 Å². The highest BCUT2D eigenvalue weighted by Gasteiger charge is 2.22. The molecule has 0 fully saturated rings. The smallest absolute Gasteiger partial charge is 0.341 e. The molecule has 0 saturated heterocycles. The second-order valence-corrected chi connectivity index (χ2v) is 5.37. The minimum Gasteiger partial charge on any atom is -0.507 e. The van der Waals surface area contributed by atoms with E-state index in [0.717, 1.165) is 13.2 Å². The van der Waals surface area contributed by atoms with Crippen molar-refractivity contribution in [1.29, 1.82) is 0 Å². The molecule has 1 heterocycles. The molecule has 0 bridgehead atoms. The zero-order chi connectivity index (χ0) is 17.6. The van der Waals surface area contributed by atoms with Gasteiger partial charge in [0.15, 0.2) is 16.9 Å². The van der Waals surface area contributed by atoms with Gasteiger partial charge in [-0.25, -0.2) is 4.79 Å². The van der Waals surface area contributed by atoms with Crippen LogP contribution in [0.1, 0.15) is 15.9 Å². The molecule has 0 spiro atoms. The summed E-state index contributed by atoms with van der Waals surface area (Å²) in [7, 11) is 1.14. The van der Waals surface area contributed by atoms with Crippen molar-refractivity contribution >= 4 is 39.5 Å². The minimum atomic E-state index is -0.810. The van der Waals surface area contributed by atoms with Crippen molar-refractivity contribution in [3.8, 4) is 11.5 Å². The molecule has 0 amide bonds. The highest BCUT2D eigenvalue weighted by Crippen LogP contribution is 2.37. The lowest BCUT2D eigenvalue weighted by Crippen LogP contribution is -2.07. The zero-order valence-electron chi connectivity index (χ0n) is 12.3. The molecule has 0 saturated carbocycles. The number of halogens is 1. The van der Waals surface area contributed by atoms with Gasteiger partial charge in [0, 0.05) is 5.56 Å². The van der Waals surface area contributed by atoms with Crippen molar-refractivity contribution in [2.75, 3.05) is 7.11 Å². The van der Waals surface area contributed by atoms with Crippen molar-refractivity contribution in [2.24, 2.45) is 0 Å². The minimum absolute atomic E-state index is 0.0456. The zero-order valence-corrected chi connectivity index (χ0v) is 13.0. The molecular weight excluding hydrogens is 340 g/mol. The molecule has 0 aliphatic carbocycles. The van der Waals surface area contributed by atoms with Crippen LogP contribution in [0.5, 0.6) is 11.5 Å². The Morgan fingerprint density at radius 2 is 2.00 bits per heavy atom. The Morgan fingerprint density at radius 1 is 1.29 bits per heavy atom. The van der Waals surface area contributed by atoms with E-state index in [-0.39, 0.29) is 38.1 Å². The number of hydrogen-bond acceptors (Lipinski definition) is 7. The third kappa shape index (κ3) is 2.17. The van der Waals surface area contributed by atoms with Crippen LogP contribution in [0, 0.1) is 0 Å². The van der Waals surface area contributed by atoms with Gasteiger partial charge in [-0.3, -0.25) is 4.79 Å². The van der Waals surface area contributed by atoms with Crippen molar-refractivity contribution in [2.45, 2.75) is 6.61 Å². The third-order valence-corrected chi connectivity index (χ3v) is 4.07. The number of rotatable bonds is 2. The second-order valence-electron chi connectivity index (χ2n) is 4.99. The van der Waals surface area contributed by atoms with Crippen LogP contribution in [-0.4, -0.2) is 28.4 Å². The summed E-state index contributed by atoms with van der Waals surface area (Å²) in [6.07, 6.45) is 0. The molecular formula is C16H11ClO7. The summed E-state index contributed by atoms with van der Waals surface area (Å²) in [5.74, 6) is -1.80. The fourth-order valence-electron chi connectivity index (χ4n) is 2.47. The summed E-state index contributed by atoms with van der Waals surface area (Å²) >= 11 is 6.09. The van der Waals surface area contributed by atoms with E-state index < -0.39 is 29.5 Å². The molecule has 3 rings (SSSR count). The molecule has 124 valence electrons. The molecule has 7 nitrogen and oxygen atoms in total. The Bertz CT molecular complexity index is 1050. The maximum atomic E-state index is 12.6. The average Bonchev–Trinajstić information content (AvgIpc) is 2.58. The molecule has 1 aromatic heterocycles. The number of carbonyl (C=O) groups is 1. The van der Waals surface area contributed by atoms with Crippen molar-refractivity contribution in [1.82, 2.24) is 0 Å². The quantitative estimate of drug-likeness (QED) is 0.479. The lowest BCUT2D eigenvalue weighted by molar-refractivity contribution is 0.0597. The van der Waals surface area contributed by atoms with Crippen LogP contribution in [0.15, 0.2) is 27.4 Å². The van der Waals surface area contributed by atoms with Crippen LogP contribution >= 0.6 is 11.6 Å². The summed E-state index contributed by atoms with van der Waals surface area (Å²) < 4.78 is 10.0. The van der Waals surface area contributed by atoms with Crippen LogP contribution in [0.25, 0.3) is 21.9 Å². The van der Waals surface area contributed by atoms with E-state index in [4.69, 9.17) is 16.0 Å². The van der Waals surface area contributed by atoms with Gasteiger partial charge in [-0.15, -0.1) is 0 Å². The number of phenolic OH excluding ortho intramolecular Hbond substituents is 2. The molecule has 2 aromatic carbocycles. The number of hydrogen-bond donors (Lipinski definition) is 3. The molecule has 0 aliphatic heterocycles. The van der Waals surface area contributed by atoms with Gasteiger partial charge in [-0.1, -0.05) is 11.6 Å². The molecule has 0 atom stereocenters. The first-order valence-corrected chi connectivity index (χ1v) is 7.10. The fraction of sp³-hybridized carbons (Fsp3) is 0.125. The van der Waals surface area contributed by atoms with Gasteiger partial charge in [-0.05, 0) is 18.2 Å². The van der Waals surface area contributed by atoms with Gasteiger partial charge in [-0.2, -0.15) is 0 Å². The lowest BCUT2D eigenvalue weighted by Gasteiger charge is -2.10. The van der Waals surface area contributed by atoms with Crippen LogP contribution in [0.3, 0.4) is 0 Å². The van der Waals surface area contributed by atoms with Gasteiger partial charge >= 0.3 is 5.97 Å². The number of phenols is 2. The molecule has 0 aliphatic rings. The molecule has 8 heteroatoms. The standard InChI is InChI=1S/C16H11ClO7/c1-23-16(22)8-3-2-7-12(20)10-9(19)4-6(5-18)11(17)15(10)24-14(7)13(8)21/h2-4,18-19,21H,5H2,1H3. The summed E-state index contributed by atoms with van der Waals surface area (Å²) in [5, 5.41) is 29.2. The third-order valence-electron chi connectivity index (χ3n) is 3.66. The Balaban J connectivity index is 2.53. The first-order valence-electron chi connectivity index (χ1n) is 6.72. The number of aromatic hydroxyl groups is 2. The lowest BCUT2D eigenvalue weighted by atomic mass is 10.1. The Morgan fingerprint density at radius 3 is 2.62 bits per heavy atom. The Hall–Kier alpha value is -2.77.